The van der Waals surface area contributed by atoms with E-state index < -0.39 is 12.0 Å². The van der Waals surface area contributed by atoms with Crippen LogP contribution in [0.2, 0.25) is 0 Å². The van der Waals surface area contributed by atoms with Crippen molar-refractivity contribution >= 4 is 35.0 Å². The van der Waals surface area contributed by atoms with Crippen LogP contribution in [0.5, 0.6) is 0 Å². The molecule has 25 heavy (non-hydrogen) atoms. The molecule has 0 aliphatic carbocycles. The number of rotatable bonds is 4. The van der Waals surface area contributed by atoms with Crippen LogP contribution in [0.3, 0.4) is 0 Å². The first-order valence-electron chi connectivity index (χ1n) is 7.83. The third-order valence-electron chi connectivity index (χ3n) is 3.62. The molecule has 0 atom stereocenters. The van der Waals surface area contributed by atoms with E-state index >= 15 is 0 Å². The zero-order valence-electron chi connectivity index (χ0n) is 13.6. The van der Waals surface area contributed by atoms with Gasteiger partial charge in [0.05, 0.1) is 18.6 Å². The molecule has 0 unspecified atom stereocenters. The maximum atomic E-state index is 12.1. The lowest BCUT2D eigenvalue weighted by Gasteiger charge is -2.10. The molecule has 0 fully saturated rings. The molecule has 1 aliphatic rings. The summed E-state index contributed by atoms with van der Waals surface area (Å²) in [4.78, 5) is 35.2. The highest BCUT2D eigenvalue weighted by molar-refractivity contribution is 6.03. The highest BCUT2D eigenvalue weighted by Crippen LogP contribution is 2.26. The minimum Gasteiger partial charge on any atom is -0.462 e. The Bertz CT molecular complexity index is 848. The molecule has 3 amide bonds. The topological polar surface area (TPSA) is 96.5 Å². The summed E-state index contributed by atoms with van der Waals surface area (Å²) in [5.41, 5.74) is 2.99. The van der Waals surface area contributed by atoms with Crippen molar-refractivity contribution in [1.29, 1.82) is 0 Å². The summed E-state index contributed by atoms with van der Waals surface area (Å²) in [6.45, 7) is 2.01. The number of benzene rings is 2. The number of hydrogen-bond acceptors (Lipinski definition) is 4. The molecule has 0 radical (unpaired) electrons. The van der Waals surface area contributed by atoms with E-state index in [1.165, 1.54) is 0 Å². The Kier molecular flexibility index (Phi) is 4.65. The predicted octanol–water partition coefficient (Wildman–Crippen LogP) is 3.00. The smallest absolute Gasteiger partial charge is 0.338 e. The average molecular weight is 339 g/mol. The highest BCUT2D eigenvalue weighted by Gasteiger charge is 2.18. The lowest BCUT2D eigenvalue weighted by atomic mass is 10.1. The number of anilines is 3. The number of urea groups is 1. The lowest BCUT2D eigenvalue weighted by Crippen LogP contribution is -2.19. The maximum absolute atomic E-state index is 12.1. The summed E-state index contributed by atoms with van der Waals surface area (Å²) in [5, 5.41) is 8.08. The van der Waals surface area contributed by atoms with Gasteiger partial charge in [0.15, 0.2) is 0 Å². The predicted molar refractivity (Wildman–Crippen MR) is 93.8 cm³/mol. The number of hydrogen-bond donors (Lipinski definition) is 3. The Morgan fingerprint density at radius 2 is 1.88 bits per heavy atom. The number of fused-ring (bicyclic) bond motifs is 1. The second kappa shape index (κ2) is 7.04. The normalized spacial score (nSPS) is 12.1. The molecule has 7 heteroatoms. The average Bonchev–Trinajstić information content (AvgIpc) is 2.94. The minimum atomic E-state index is -0.453. The molecule has 7 nitrogen and oxygen atoms in total. The molecule has 128 valence electrons. The largest absolute Gasteiger partial charge is 0.462 e. The van der Waals surface area contributed by atoms with Crippen molar-refractivity contribution < 1.29 is 19.1 Å². The van der Waals surface area contributed by atoms with Crippen LogP contribution in [0, 0.1) is 0 Å². The highest BCUT2D eigenvalue weighted by atomic mass is 16.5. The van der Waals surface area contributed by atoms with Gasteiger partial charge in [-0.2, -0.15) is 0 Å². The Morgan fingerprint density at radius 1 is 1.12 bits per heavy atom. The number of esters is 1. The van der Waals surface area contributed by atoms with Crippen molar-refractivity contribution in [1.82, 2.24) is 0 Å². The number of ether oxygens (including phenoxy) is 1. The fraction of sp³-hybridized carbons (Fsp3) is 0.167. The van der Waals surface area contributed by atoms with Crippen LogP contribution in [-0.4, -0.2) is 24.5 Å². The van der Waals surface area contributed by atoms with E-state index in [-0.39, 0.29) is 12.5 Å². The van der Waals surface area contributed by atoms with Gasteiger partial charge in [-0.15, -0.1) is 0 Å². The first-order valence-corrected chi connectivity index (χ1v) is 7.83. The van der Waals surface area contributed by atoms with Crippen LogP contribution in [-0.2, 0) is 16.0 Å². The number of amides is 3. The fourth-order valence-corrected chi connectivity index (χ4v) is 2.52. The van der Waals surface area contributed by atoms with Gasteiger partial charge < -0.3 is 20.7 Å². The molecule has 2 aromatic rings. The third-order valence-corrected chi connectivity index (χ3v) is 3.62. The summed E-state index contributed by atoms with van der Waals surface area (Å²) in [6, 6.07) is 11.3. The molecule has 1 aliphatic heterocycles. The van der Waals surface area contributed by atoms with Crippen molar-refractivity contribution in [3.8, 4) is 0 Å². The molecule has 0 spiro atoms. The van der Waals surface area contributed by atoms with Crippen LogP contribution in [0.25, 0.3) is 0 Å². The van der Waals surface area contributed by atoms with Crippen LogP contribution in [0.4, 0.5) is 21.9 Å². The van der Waals surface area contributed by atoms with Gasteiger partial charge in [-0.3, -0.25) is 4.79 Å². The molecule has 2 aromatic carbocycles. The molecule has 0 bridgehead atoms. The molecular weight excluding hydrogens is 322 g/mol. The van der Waals surface area contributed by atoms with Gasteiger partial charge in [0.1, 0.15) is 0 Å². The van der Waals surface area contributed by atoms with Crippen molar-refractivity contribution in [3.05, 3.63) is 53.6 Å². The van der Waals surface area contributed by atoms with Gasteiger partial charge >= 0.3 is 12.0 Å². The second-order valence-corrected chi connectivity index (χ2v) is 5.48. The molecule has 1 heterocycles. The lowest BCUT2D eigenvalue weighted by molar-refractivity contribution is -0.115. The third kappa shape index (κ3) is 3.95. The Labute approximate surface area is 144 Å². The Hall–Kier alpha value is -3.35. The Morgan fingerprint density at radius 3 is 2.64 bits per heavy atom. The van der Waals surface area contributed by atoms with Crippen molar-refractivity contribution in [2.45, 2.75) is 13.3 Å². The van der Waals surface area contributed by atoms with E-state index in [1.54, 1.807) is 49.4 Å². The van der Waals surface area contributed by atoms with Crippen LogP contribution in [0.15, 0.2) is 42.5 Å². The monoisotopic (exact) mass is 339 g/mol. The van der Waals surface area contributed by atoms with E-state index in [4.69, 9.17) is 4.74 Å². The summed E-state index contributed by atoms with van der Waals surface area (Å²) in [6.07, 6.45) is 0.350. The number of carbonyl (C=O) groups is 3. The molecular formula is C18H17N3O4. The van der Waals surface area contributed by atoms with E-state index in [0.717, 1.165) is 5.56 Å². The van der Waals surface area contributed by atoms with Crippen molar-refractivity contribution in [2.75, 3.05) is 22.6 Å². The van der Waals surface area contributed by atoms with Crippen LogP contribution < -0.4 is 16.0 Å². The van der Waals surface area contributed by atoms with Gasteiger partial charge in [0.2, 0.25) is 5.91 Å². The van der Waals surface area contributed by atoms with E-state index in [1.807, 2.05) is 0 Å². The molecule has 3 rings (SSSR count). The molecule has 3 N–H and O–H groups in total. The van der Waals surface area contributed by atoms with E-state index in [0.29, 0.717) is 29.0 Å². The summed E-state index contributed by atoms with van der Waals surface area (Å²) < 4.78 is 4.93. The Balaban J connectivity index is 1.65. The summed E-state index contributed by atoms with van der Waals surface area (Å²) in [7, 11) is 0. The first-order chi connectivity index (χ1) is 12.0. The van der Waals surface area contributed by atoms with Crippen LogP contribution in [0.1, 0.15) is 22.8 Å². The standard InChI is InChI=1S/C18H17N3O4/c1-2-25-17(23)12-4-3-5-13(8-12)19-18(24)20-14-7-6-11-9-16(22)21-15(11)10-14/h3-8,10H,2,9H2,1H3,(H,21,22)(H2,19,20,24). The first kappa shape index (κ1) is 16.5. The SMILES string of the molecule is CCOC(=O)c1cccc(NC(=O)Nc2ccc3c(c2)NC(=O)C3)c1. The fourth-order valence-electron chi connectivity index (χ4n) is 2.52. The zero-order valence-corrected chi connectivity index (χ0v) is 13.6. The van der Waals surface area contributed by atoms with Gasteiger partial charge in [0.25, 0.3) is 0 Å². The summed E-state index contributed by atoms with van der Waals surface area (Å²) in [5.74, 6) is -0.506. The molecule has 0 aromatic heterocycles. The quantitative estimate of drug-likeness (QED) is 0.746. The van der Waals surface area contributed by atoms with Crippen molar-refractivity contribution in [2.24, 2.45) is 0 Å². The van der Waals surface area contributed by atoms with E-state index in [2.05, 4.69) is 16.0 Å². The molecule has 0 saturated heterocycles. The number of nitrogens with one attached hydrogen (secondary N) is 3. The molecule has 0 saturated carbocycles. The van der Waals surface area contributed by atoms with Gasteiger partial charge in [-0.25, -0.2) is 9.59 Å². The van der Waals surface area contributed by atoms with Crippen molar-refractivity contribution in [3.63, 3.8) is 0 Å². The van der Waals surface area contributed by atoms with Gasteiger partial charge in [-0.1, -0.05) is 12.1 Å². The minimum absolute atomic E-state index is 0.0626. The zero-order chi connectivity index (χ0) is 17.8. The van der Waals surface area contributed by atoms with Gasteiger partial charge in [-0.05, 0) is 42.8 Å². The second-order valence-electron chi connectivity index (χ2n) is 5.48. The van der Waals surface area contributed by atoms with E-state index in [9.17, 15) is 14.4 Å². The summed E-state index contributed by atoms with van der Waals surface area (Å²) >= 11 is 0. The maximum Gasteiger partial charge on any atom is 0.338 e. The number of carbonyl (C=O) groups excluding carboxylic acids is 3. The van der Waals surface area contributed by atoms with Gasteiger partial charge in [0, 0.05) is 17.1 Å². The van der Waals surface area contributed by atoms with Crippen LogP contribution >= 0.6 is 0 Å².